The lowest BCUT2D eigenvalue weighted by Crippen LogP contribution is -2.63. The Balaban J connectivity index is 1.69. The maximum absolute atomic E-state index is 13.4. The summed E-state index contributed by atoms with van der Waals surface area (Å²) < 4.78 is 0. The highest BCUT2D eigenvalue weighted by atomic mass is 16.4. The molecule has 0 bridgehead atoms. The number of ketones is 1. The van der Waals surface area contributed by atoms with Crippen molar-refractivity contribution < 1.29 is 25.2 Å². The Bertz CT molecular complexity index is 593. The Kier molecular flexibility index (Phi) is 4.35. The van der Waals surface area contributed by atoms with Gasteiger partial charge in [-0.3, -0.25) is 4.79 Å². The van der Waals surface area contributed by atoms with Crippen LogP contribution in [0.3, 0.4) is 0 Å². The second kappa shape index (κ2) is 6.00. The Morgan fingerprint density at radius 3 is 2.58 bits per heavy atom. The van der Waals surface area contributed by atoms with Gasteiger partial charge in [-0.05, 0) is 68.1 Å². The Morgan fingerprint density at radius 2 is 1.88 bits per heavy atom. The minimum absolute atomic E-state index is 0.0143. The van der Waals surface area contributed by atoms with Crippen molar-refractivity contribution in [3.63, 3.8) is 0 Å². The molecule has 4 fully saturated rings. The van der Waals surface area contributed by atoms with Gasteiger partial charge in [0.1, 0.15) is 11.9 Å². The third-order valence-electron chi connectivity index (χ3n) is 9.27. The first kappa shape index (κ1) is 18.9. The Hall–Kier alpha value is -0.490. The summed E-state index contributed by atoms with van der Waals surface area (Å²) in [6.07, 6.45) is 4.61. The first-order chi connectivity index (χ1) is 12.2. The number of fused-ring (bicyclic) bond motifs is 5. The molecule has 0 heterocycles. The van der Waals surface area contributed by atoms with Crippen LogP contribution in [0.2, 0.25) is 0 Å². The number of carbonyl (C=O) groups excluding carboxylic acids is 1. The molecule has 0 aromatic heterocycles. The summed E-state index contributed by atoms with van der Waals surface area (Å²) in [6, 6.07) is 0. The van der Waals surface area contributed by atoms with Gasteiger partial charge in [-0.1, -0.05) is 13.8 Å². The zero-order valence-corrected chi connectivity index (χ0v) is 16.0. The first-order valence-electron chi connectivity index (χ1n) is 10.4. The highest BCUT2D eigenvalue weighted by molar-refractivity contribution is 5.84. The van der Waals surface area contributed by atoms with Crippen molar-refractivity contribution in [2.24, 2.45) is 34.5 Å². The molecule has 4 aliphatic carbocycles. The lowest BCUT2D eigenvalue weighted by Gasteiger charge is -2.60. The third kappa shape index (κ3) is 2.27. The quantitative estimate of drug-likeness (QED) is 0.596. The number of hydrogen-bond acceptors (Lipinski definition) is 5. The number of aliphatic hydroxyl groups is 4. The number of rotatable bonds is 2. The van der Waals surface area contributed by atoms with E-state index in [1.807, 2.05) is 6.92 Å². The maximum Gasteiger partial charge on any atom is 0.137 e. The van der Waals surface area contributed by atoms with Gasteiger partial charge in [0.15, 0.2) is 0 Å². The molecule has 0 unspecified atom stereocenters. The summed E-state index contributed by atoms with van der Waals surface area (Å²) in [6.45, 7) is 3.74. The molecule has 148 valence electrons. The minimum atomic E-state index is -1.38. The zero-order chi connectivity index (χ0) is 18.9. The van der Waals surface area contributed by atoms with E-state index in [0.29, 0.717) is 12.3 Å². The lowest BCUT2D eigenvalue weighted by molar-refractivity contribution is -0.196. The van der Waals surface area contributed by atoms with Crippen LogP contribution in [0.1, 0.15) is 65.2 Å². The van der Waals surface area contributed by atoms with Crippen LogP contribution < -0.4 is 0 Å². The third-order valence-corrected chi connectivity index (χ3v) is 9.27. The monoisotopic (exact) mass is 366 g/mol. The summed E-state index contributed by atoms with van der Waals surface area (Å²) in [4.78, 5) is 13.4. The smallest absolute Gasteiger partial charge is 0.137 e. The molecule has 0 aromatic carbocycles. The van der Waals surface area contributed by atoms with Gasteiger partial charge in [-0.25, -0.2) is 0 Å². The molecule has 0 radical (unpaired) electrons. The second-order valence-corrected chi connectivity index (χ2v) is 10.2. The van der Waals surface area contributed by atoms with Gasteiger partial charge < -0.3 is 20.4 Å². The number of aliphatic hydroxyl groups excluding tert-OH is 3. The normalized spacial score (nSPS) is 55.0. The SMILES string of the molecule is C[C@]12CC[C@@H](O)C[C@@H]1CC[C@@H]1[C@@H]2C(=O)C[C@@]2(C)[C@H]1CC[C@]2(O)[C@H](O)CO. The van der Waals surface area contributed by atoms with Gasteiger partial charge >= 0.3 is 0 Å². The van der Waals surface area contributed by atoms with Crippen LogP contribution in [0.5, 0.6) is 0 Å². The van der Waals surface area contributed by atoms with Gasteiger partial charge in [0.05, 0.1) is 18.3 Å². The number of carbonyl (C=O) groups is 1. The molecule has 4 N–H and O–H groups in total. The van der Waals surface area contributed by atoms with E-state index in [1.165, 1.54) is 0 Å². The van der Waals surface area contributed by atoms with Crippen molar-refractivity contribution in [2.45, 2.75) is 83.0 Å². The highest BCUT2D eigenvalue weighted by Gasteiger charge is 2.68. The molecule has 0 aromatic rings. The lowest BCUT2D eigenvalue weighted by atomic mass is 9.44. The summed E-state index contributed by atoms with van der Waals surface area (Å²) in [5.41, 5.74) is -2.09. The van der Waals surface area contributed by atoms with E-state index in [1.54, 1.807) is 0 Å². The van der Waals surface area contributed by atoms with Gasteiger partial charge in [0, 0.05) is 17.8 Å². The molecule has 0 spiro atoms. The van der Waals surface area contributed by atoms with Crippen molar-refractivity contribution in [3.05, 3.63) is 0 Å². The van der Waals surface area contributed by atoms with Crippen molar-refractivity contribution in [1.29, 1.82) is 0 Å². The predicted molar refractivity (Wildman–Crippen MR) is 96.2 cm³/mol. The van der Waals surface area contributed by atoms with Crippen LogP contribution >= 0.6 is 0 Å². The first-order valence-corrected chi connectivity index (χ1v) is 10.4. The van der Waals surface area contributed by atoms with Crippen LogP contribution in [0, 0.1) is 34.5 Å². The summed E-state index contributed by atoms with van der Waals surface area (Å²) >= 11 is 0. The number of Topliss-reactive ketones (excluding diaryl/α,β-unsaturated/α-hetero) is 1. The fourth-order valence-corrected chi connectivity index (χ4v) is 7.79. The van der Waals surface area contributed by atoms with Crippen molar-refractivity contribution in [2.75, 3.05) is 6.61 Å². The molecule has 4 aliphatic rings. The molecule has 4 rings (SSSR count). The average Bonchev–Trinajstić information content (AvgIpc) is 2.86. The molecule has 5 heteroatoms. The fraction of sp³-hybridized carbons (Fsp3) is 0.952. The van der Waals surface area contributed by atoms with Gasteiger partial charge in [-0.15, -0.1) is 0 Å². The molecule has 9 atom stereocenters. The van der Waals surface area contributed by atoms with Gasteiger partial charge in [-0.2, -0.15) is 0 Å². The zero-order valence-electron chi connectivity index (χ0n) is 16.0. The highest BCUT2D eigenvalue weighted by Crippen LogP contribution is 2.67. The van der Waals surface area contributed by atoms with E-state index < -0.39 is 23.7 Å². The van der Waals surface area contributed by atoms with Crippen LogP contribution in [0.15, 0.2) is 0 Å². The molecular formula is C21H34O5. The van der Waals surface area contributed by atoms with E-state index in [2.05, 4.69) is 6.92 Å². The second-order valence-electron chi connectivity index (χ2n) is 10.2. The average molecular weight is 366 g/mol. The number of hydrogen-bond donors (Lipinski definition) is 4. The van der Waals surface area contributed by atoms with Gasteiger partial charge in [0.25, 0.3) is 0 Å². The minimum Gasteiger partial charge on any atom is -0.394 e. The largest absolute Gasteiger partial charge is 0.394 e. The van der Waals surface area contributed by atoms with E-state index in [-0.39, 0.29) is 41.5 Å². The van der Waals surface area contributed by atoms with Gasteiger partial charge in [0.2, 0.25) is 0 Å². The summed E-state index contributed by atoms with van der Waals surface area (Å²) in [5, 5.41) is 41.2. The van der Waals surface area contributed by atoms with Crippen LogP contribution in [-0.2, 0) is 4.79 Å². The predicted octanol–water partition coefficient (Wildman–Crippen LogP) is 1.65. The van der Waals surface area contributed by atoms with Crippen LogP contribution in [-0.4, -0.2) is 50.6 Å². The summed E-state index contributed by atoms with van der Waals surface area (Å²) in [5.74, 6) is 1.10. The van der Waals surface area contributed by atoms with E-state index in [4.69, 9.17) is 0 Å². The molecule has 0 aliphatic heterocycles. The van der Waals surface area contributed by atoms with E-state index in [0.717, 1.165) is 38.5 Å². The topological polar surface area (TPSA) is 98.0 Å². The van der Waals surface area contributed by atoms with E-state index in [9.17, 15) is 25.2 Å². The fourth-order valence-electron chi connectivity index (χ4n) is 7.79. The molecular weight excluding hydrogens is 332 g/mol. The van der Waals surface area contributed by atoms with Crippen LogP contribution in [0.25, 0.3) is 0 Å². The Labute approximate surface area is 155 Å². The van der Waals surface area contributed by atoms with Crippen LogP contribution in [0.4, 0.5) is 0 Å². The molecule has 26 heavy (non-hydrogen) atoms. The van der Waals surface area contributed by atoms with Crippen molar-refractivity contribution in [3.8, 4) is 0 Å². The van der Waals surface area contributed by atoms with Crippen molar-refractivity contribution in [1.82, 2.24) is 0 Å². The van der Waals surface area contributed by atoms with E-state index >= 15 is 0 Å². The van der Waals surface area contributed by atoms with Crippen molar-refractivity contribution >= 4 is 5.78 Å². The molecule has 4 saturated carbocycles. The Morgan fingerprint density at radius 1 is 1.15 bits per heavy atom. The molecule has 0 amide bonds. The summed E-state index contributed by atoms with van der Waals surface area (Å²) in [7, 11) is 0. The molecule has 0 saturated heterocycles. The molecule has 5 nitrogen and oxygen atoms in total. The standard InChI is InChI=1S/C21H34O5/c1-19-7-5-13(23)9-12(19)3-4-14-15-6-8-21(26,17(25)11-22)20(15,2)10-16(24)18(14)19/h12-15,17-18,22-23,25-26H,3-11H2,1-2H3/t12-,13+,14-,15-,17+,18+,19-,20-,21-/m0/s1. The maximum atomic E-state index is 13.4.